The van der Waals surface area contributed by atoms with E-state index < -0.39 is 5.60 Å². The van der Waals surface area contributed by atoms with Crippen molar-refractivity contribution in [3.8, 4) is 0 Å². The topological polar surface area (TPSA) is 74.3 Å². The van der Waals surface area contributed by atoms with Crippen LogP contribution in [0.2, 0.25) is 5.15 Å². The predicted molar refractivity (Wildman–Crippen MR) is 88.9 cm³/mol. The van der Waals surface area contributed by atoms with Gasteiger partial charge < -0.3 is 19.5 Å². The summed E-state index contributed by atoms with van der Waals surface area (Å²) in [6.07, 6.45) is -0.268. The molecule has 2 aromatic heterocycles. The van der Waals surface area contributed by atoms with Gasteiger partial charge in [0, 0.05) is 26.2 Å². The van der Waals surface area contributed by atoms with Gasteiger partial charge in [0.1, 0.15) is 10.8 Å². The third-order valence-corrected chi connectivity index (χ3v) is 3.74. The van der Waals surface area contributed by atoms with Gasteiger partial charge in [0.25, 0.3) is 0 Å². The second-order valence-electron chi connectivity index (χ2n) is 6.52. The number of aromatic amines is 1. The van der Waals surface area contributed by atoms with E-state index in [0.717, 1.165) is 11.5 Å². The first-order valence-electron chi connectivity index (χ1n) is 7.57. The standard InChI is InChI=1S/C15H20ClN5O2/c1-15(2,3)23-14(22)21-8-6-20(7-9-21)13-17-10-4-5-11(16)18-12(10)19-13/h4-5H,6-9H2,1-3H3,(H,17,18,19). The first-order chi connectivity index (χ1) is 10.8. The lowest BCUT2D eigenvalue weighted by Gasteiger charge is -2.35. The number of pyridine rings is 1. The Bertz CT molecular complexity index is 716. The highest BCUT2D eigenvalue weighted by Crippen LogP contribution is 2.20. The highest BCUT2D eigenvalue weighted by atomic mass is 35.5. The van der Waals surface area contributed by atoms with Gasteiger partial charge in [-0.05, 0) is 32.9 Å². The molecule has 7 nitrogen and oxygen atoms in total. The quantitative estimate of drug-likeness (QED) is 0.810. The van der Waals surface area contributed by atoms with E-state index in [4.69, 9.17) is 16.3 Å². The van der Waals surface area contributed by atoms with E-state index in [0.29, 0.717) is 37.0 Å². The van der Waals surface area contributed by atoms with Crippen molar-refractivity contribution < 1.29 is 9.53 Å². The van der Waals surface area contributed by atoms with Gasteiger partial charge in [0.05, 0.1) is 5.52 Å². The van der Waals surface area contributed by atoms with E-state index >= 15 is 0 Å². The minimum absolute atomic E-state index is 0.268. The van der Waals surface area contributed by atoms with Crippen molar-refractivity contribution in [2.24, 2.45) is 0 Å². The Morgan fingerprint density at radius 1 is 1.22 bits per heavy atom. The lowest BCUT2D eigenvalue weighted by molar-refractivity contribution is 0.0240. The zero-order chi connectivity index (χ0) is 16.6. The van der Waals surface area contributed by atoms with Crippen molar-refractivity contribution >= 4 is 34.8 Å². The molecular formula is C15H20ClN5O2. The molecule has 124 valence electrons. The summed E-state index contributed by atoms with van der Waals surface area (Å²) in [4.78, 5) is 27.8. The number of amides is 1. The maximum Gasteiger partial charge on any atom is 0.410 e. The average molecular weight is 338 g/mol. The van der Waals surface area contributed by atoms with Crippen LogP contribution in [0.15, 0.2) is 12.1 Å². The highest BCUT2D eigenvalue weighted by Gasteiger charge is 2.26. The zero-order valence-electron chi connectivity index (χ0n) is 13.5. The van der Waals surface area contributed by atoms with Gasteiger partial charge in [0.2, 0.25) is 5.95 Å². The Labute approximate surface area is 139 Å². The number of aromatic nitrogens is 3. The number of H-pyrrole nitrogens is 1. The number of hydrogen-bond donors (Lipinski definition) is 1. The van der Waals surface area contributed by atoms with Crippen molar-refractivity contribution in [1.82, 2.24) is 19.9 Å². The normalized spacial score (nSPS) is 16.0. The molecule has 1 amide bonds. The SMILES string of the molecule is CC(C)(C)OC(=O)N1CCN(c2nc3nc(Cl)ccc3[nH]2)CC1. The van der Waals surface area contributed by atoms with Gasteiger partial charge in [-0.15, -0.1) is 0 Å². The molecule has 1 saturated heterocycles. The predicted octanol–water partition coefficient (Wildman–Crippen LogP) is 2.67. The lowest BCUT2D eigenvalue weighted by atomic mass is 10.2. The second-order valence-corrected chi connectivity index (χ2v) is 6.91. The molecule has 1 N–H and O–H groups in total. The third kappa shape index (κ3) is 3.67. The molecule has 0 aromatic carbocycles. The van der Waals surface area contributed by atoms with Gasteiger partial charge in [-0.25, -0.2) is 9.78 Å². The Morgan fingerprint density at radius 3 is 2.57 bits per heavy atom. The van der Waals surface area contributed by atoms with Gasteiger partial charge in [-0.1, -0.05) is 11.6 Å². The number of hydrogen-bond acceptors (Lipinski definition) is 5. The highest BCUT2D eigenvalue weighted by molar-refractivity contribution is 6.29. The maximum absolute atomic E-state index is 12.1. The molecule has 2 aromatic rings. The number of nitrogens with zero attached hydrogens (tertiary/aromatic N) is 4. The van der Waals surface area contributed by atoms with Crippen LogP contribution in [-0.4, -0.2) is 57.7 Å². The monoisotopic (exact) mass is 337 g/mol. The third-order valence-electron chi connectivity index (χ3n) is 3.53. The van der Waals surface area contributed by atoms with Crippen molar-refractivity contribution in [2.75, 3.05) is 31.1 Å². The zero-order valence-corrected chi connectivity index (χ0v) is 14.2. The second kappa shape index (κ2) is 5.88. The molecule has 1 aliphatic rings. The summed E-state index contributed by atoms with van der Waals surface area (Å²) < 4.78 is 5.40. The lowest BCUT2D eigenvalue weighted by Crippen LogP contribution is -2.50. The van der Waals surface area contributed by atoms with E-state index in [2.05, 4.69) is 19.9 Å². The molecule has 0 radical (unpaired) electrons. The number of nitrogens with one attached hydrogen (secondary N) is 1. The molecule has 0 bridgehead atoms. The summed E-state index contributed by atoms with van der Waals surface area (Å²) in [5.74, 6) is 0.749. The maximum atomic E-state index is 12.1. The Balaban J connectivity index is 1.65. The number of rotatable bonds is 1. The number of imidazole rings is 1. The van der Waals surface area contributed by atoms with E-state index in [-0.39, 0.29) is 6.09 Å². The fraction of sp³-hybridized carbons (Fsp3) is 0.533. The van der Waals surface area contributed by atoms with Crippen LogP contribution in [0.3, 0.4) is 0 Å². The van der Waals surface area contributed by atoms with Gasteiger partial charge >= 0.3 is 6.09 Å². The fourth-order valence-electron chi connectivity index (χ4n) is 2.43. The molecular weight excluding hydrogens is 318 g/mol. The van der Waals surface area contributed by atoms with Crippen LogP contribution in [0.4, 0.5) is 10.7 Å². The van der Waals surface area contributed by atoms with Crippen LogP contribution < -0.4 is 4.90 Å². The smallest absolute Gasteiger partial charge is 0.410 e. The molecule has 3 rings (SSSR count). The van der Waals surface area contributed by atoms with Crippen LogP contribution >= 0.6 is 11.6 Å². The summed E-state index contributed by atoms with van der Waals surface area (Å²) >= 11 is 5.88. The van der Waals surface area contributed by atoms with Gasteiger partial charge in [-0.2, -0.15) is 4.98 Å². The minimum atomic E-state index is -0.474. The number of fused-ring (bicyclic) bond motifs is 1. The Hall–Kier alpha value is -2.02. The molecule has 1 fully saturated rings. The van der Waals surface area contributed by atoms with Crippen molar-refractivity contribution in [2.45, 2.75) is 26.4 Å². The molecule has 0 aliphatic carbocycles. The van der Waals surface area contributed by atoms with Crippen LogP contribution in [0.5, 0.6) is 0 Å². The Morgan fingerprint density at radius 2 is 1.91 bits per heavy atom. The van der Waals surface area contributed by atoms with E-state index in [1.54, 1.807) is 11.0 Å². The summed E-state index contributed by atoms with van der Waals surface area (Å²) in [7, 11) is 0. The summed E-state index contributed by atoms with van der Waals surface area (Å²) in [5, 5.41) is 0.422. The summed E-state index contributed by atoms with van der Waals surface area (Å²) in [5.41, 5.74) is 0.971. The van der Waals surface area contributed by atoms with Crippen LogP contribution in [0.1, 0.15) is 20.8 Å². The van der Waals surface area contributed by atoms with Crippen LogP contribution in [0.25, 0.3) is 11.2 Å². The molecule has 0 spiro atoms. The van der Waals surface area contributed by atoms with Crippen molar-refractivity contribution in [3.63, 3.8) is 0 Å². The molecule has 0 atom stereocenters. The van der Waals surface area contributed by atoms with E-state index in [1.165, 1.54) is 0 Å². The molecule has 0 unspecified atom stereocenters. The largest absolute Gasteiger partial charge is 0.444 e. The molecule has 23 heavy (non-hydrogen) atoms. The minimum Gasteiger partial charge on any atom is -0.444 e. The molecule has 1 aliphatic heterocycles. The van der Waals surface area contributed by atoms with Gasteiger partial charge in [0.15, 0.2) is 5.65 Å². The van der Waals surface area contributed by atoms with Crippen LogP contribution in [0, 0.1) is 0 Å². The number of carbonyl (C=O) groups is 1. The first kappa shape index (κ1) is 15.9. The van der Waals surface area contributed by atoms with Gasteiger partial charge in [-0.3, -0.25) is 0 Å². The van der Waals surface area contributed by atoms with Crippen molar-refractivity contribution in [1.29, 1.82) is 0 Å². The molecule has 3 heterocycles. The molecule has 8 heteroatoms. The number of ether oxygens (including phenoxy) is 1. The Kier molecular flexibility index (Phi) is 4.06. The first-order valence-corrected chi connectivity index (χ1v) is 7.95. The van der Waals surface area contributed by atoms with E-state index in [1.807, 2.05) is 26.8 Å². The summed E-state index contributed by atoms with van der Waals surface area (Å²) in [6.45, 7) is 8.18. The average Bonchev–Trinajstić information content (AvgIpc) is 2.88. The number of piperazine rings is 1. The van der Waals surface area contributed by atoms with Crippen LogP contribution in [-0.2, 0) is 4.74 Å². The number of halogens is 1. The molecule has 0 saturated carbocycles. The van der Waals surface area contributed by atoms with E-state index in [9.17, 15) is 4.79 Å². The number of carbonyl (C=O) groups excluding carboxylic acids is 1. The van der Waals surface area contributed by atoms with Crippen molar-refractivity contribution in [3.05, 3.63) is 17.3 Å². The summed E-state index contributed by atoms with van der Waals surface area (Å²) in [6, 6.07) is 3.59. The fourth-order valence-corrected chi connectivity index (χ4v) is 2.58. The number of anilines is 1.